The Kier molecular flexibility index (Phi) is 8.42. The van der Waals surface area contributed by atoms with Gasteiger partial charge in [-0.1, -0.05) is 36.8 Å². The van der Waals surface area contributed by atoms with Gasteiger partial charge in [-0.15, -0.1) is 24.0 Å². The van der Waals surface area contributed by atoms with Crippen molar-refractivity contribution in [3.05, 3.63) is 35.9 Å². The first-order valence-corrected chi connectivity index (χ1v) is 11.2. The van der Waals surface area contributed by atoms with Crippen molar-refractivity contribution in [2.24, 2.45) is 4.99 Å². The molecule has 11 heteroatoms. The van der Waals surface area contributed by atoms with Crippen molar-refractivity contribution in [2.75, 3.05) is 26.7 Å². The minimum absolute atomic E-state index is 0. The molecule has 0 spiro atoms. The minimum Gasteiger partial charge on any atom is -0.356 e. The van der Waals surface area contributed by atoms with E-state index in [0.29, 0.717) is 23.1 Å². The van der Waals surface area contributed by atoms with Crippen molar-refractivity contribution in [1.29, 1.82) is 0 Å². The molecule has 0 aromatic heterocycles. The molecule has 2 aliphatic rings. The summed E-state index contributed by atoms with van der Waals surface area (Å²) < 4.78 is 61.7. The molecule has 2 fully saturated rings. The van der Waals surface area contributed by atoms with Gasteiger partial charge in [-0.25, -0.2) is 8.42 Å². The molecule has 0 amide bonds. The van der Waals surface area contributed by atoms with E-state index in [9.17, 15) is 21.6 Å². The lowest BCUT2D eigenvalue weighted by molar-refractivity contribution is -0.0494. The molecule has 3 rings (SSSR count). The quantitative estimate of drug-likeness (QED) is 0.330. The van der Waals surface area contributed by atoms with E-state index in [1.807, 2.05) is 18.2 Å². The SMILES string of the molecule is CN=C(NCC1(c2ccccc2)CCC1)NC1CCN(S(=O)(=O)C(F)(F)F)CC1.I. The van der Waals surface area contributed by atoms with E-state index in [2.05, 4.69) is 27.8 Å². The van der Waals surface area contributed by atoms with Crippen molar-refractivity contribution in [3.8, 4) is 0 Å². The van der Waals surface area contributed by atoms with Crippen molar-refractivity contribution in [3.63, 3.8) is 0 Å². The van der Waals surface area contributed by atoms with Gasteiger partial charge < -0.3 is 10.6 Å². The minimum atomic E-state index is -5.25. The number of nitrogens with one attached hydrogen (secondary N) is 2. The molecule has 1 aromatic carbocycles. The normalized spacial score (nSPS) is 20.7. The lowest BCUT2D eigenvalue weighted by atomic mass is 9.64. The maximum absolute atomic E-state index is 12.7. The van der Waals surface area contributed by atoms with Crippen LogP contribution in [-0.4, -0.2) is 56.9 Å². The highest BCUT2D eigenvalue weighted by molar-refractivity contribution is 14.0. The number of hydrogen-bond donors (Lipinski definition) is 2. The fourth-order valence-corrected chi connectivity index (χ4v) is 4.97. The summed E-state index contributed by atoms with van der Waals surface area (Å²) in [5.41, 5.74) is -3.89. The van der Waals surface area contributed by atoms with Gasteiger partial charge in [0.25, 0.3) is 0 Å². The van der Waals surface area contributed by atoms with E-state index in [1.165, 1.54) is 12.0 Å². The molecule has 1 saturated heterocycles. The van der Waals surface area contributed by atoms with E-state index < -0.39 is 15.5 Å². The molecular formula is C19H28F3IN4O2S. The fourth-order valence-electron chi connectivity index (χ4n) is 3.99. The van der Waals surface area contributed by atoms with Crippen LogP contribution in [0.25, 0.3) is 0 Å². The van der Waals surface area contributed by atoms with Crippen LogP contribution in [0, 0.1) is 0 Å². The molecule has 6 nitrogen and oxygen atoms in total. The van der Waals surface area contributed by atoms with Crippen LogP contribution in [0.3, 0.4) is 0 Å². The summed E-state index contributed by atoms with van der Waals surface area (Å²) in [6.07, 6.45) is 3.94. The molecule has 1 heterocycles. The molecule has 0 radical (unpaired) electrons. The molecule has 1 aliphatic carbocycles. The number of nitrogens with zero attached hydrogens (tertiary/aromatic N) is 2. The second-order valence-corrected chi connectivity index (χ2v) is 9.62. The standard InChI is InChI=1S/C19H27F3N4O2S.HI/c1-23-17(24-14-18(10-5-11-18)15-6-3-2-4-7-15)25-16-8-12-26(13-9-16)29(27,28)19(20,21)22;/h2-4,6-7,16H,5,8-14H2,1H3,(H2,23,24,25);1H. The van der Waals surface area contributed by atoms with E-state index in [1.54, 1.807) is 7.05 Å². The van der Waals surface area contributed by atoms with Gasteiger partial charge in [0.1, 0.15) is 0 Å². The topological polar surface area (TPSA) is 73.8 Å². The van der Waals surface area contributed by atoms with Crippen molar-refractivity contribution >= 4 is 40.0 Å². The van der Waals surface area contributed by atoms with Gasteiger partial charge in [-0.3, -0.25) is 4.99 Å². The molecule has 2 N–H and O–H groups in total. The first-order valence-electron chi connectivity index (χ1n) is 9.77. The van der Waals surface area contributed by atoms with E-state index in [0.717, 1.165) is 19.4 Å². The molecule has 170 valence electrons. The third kappa shape index (κ3) is 5.39. The summed E-state index contributed by atoms with van der Waals surface area (Å²) in [7, 11) is -3.61. The van der Waals surface area contributed by atoms with Crippen LogP contribution in [0.2, 0.25) is 0 Å². The number of halogens is 4. The molecule has 30 heavy (non-hydrogen) atoms. The predicted molar refractivity (Wildman–Crippen MR) is 121 cm³/mol. The van der Waals surface area contributed by atoms with E-state index >= 15 is 0 Å². The second-order valence-electron chi connectivity index (χ2n) is 7.69. The van der Waals surface area contributed by atoms with Crippen LogP contribution < -0.4 is 10.6 Å². The Morgan fingerprint density at radius 2 is 1.80 bits per heavy atom. The highest BCUT2D eigenvalue weighted by atomic mass is 127. The van der Waals surface area contributed by atoms with Crippen LogP contribution in [0.4, 0.5) is 13.2 Å². The zero-order valence-electron chi connectivity index (χ0n) is 16.8. The van der Waals surface area contributed by atoms with Crippen molar-refractivity contribution in [2.45, 2.75) is 49.1 Å². The number of hydrogen-bond acceptors (Lipinski definition) is 3. The Morgan fingerprint density at radius 1 is 1.20 bits per heavy atom. The highest BCUT2D eigenvalue weighted by Gasteiger charge is 2.50. The number of benzene rings is 1. The van der Waals surface area contributed by atoms with Gasteiger partial charge in [0.05, 0.1) is 0 Å². The number of rotatable bonds is 5. The Morgan fingerprint density at radius 3 is 2.27 bits per heavy atom. The number of piperidine rings is 1. The van der Waals surface area contributed by atoms with Gasteiger partial charge >= 0.3 is 15.5 Å². The molecule has 0 unspecified atom stereocenters. The van der Waals surface area contributed by atoms with Crippen LogP contribution >= 0.6 is 24.0 Å². The van der Waals surface area contributed by atoms with Crippen LogP contribution in [0.1, 0.15) is 37.7 Å². The van der Waals surface area contributed by atoms with Crippen molar-refractivity contribution < 1.29 is 21.6 Å². The van der Waals surface area contributed by atoms with E-state index in [-0.39, 0.29) is 48.5 Å². The van der Waals surface area contributed by atoms with Crippen LogP contribution in [-0.2, 0) is 15.4 Å². The Bertz CT molecular complexity index is 822. The lowest BCUT2D eigenvalue weighted by Crippen LogP contribution is -2.54. The first-order chi connectivity index (χ1) is 13.7. The Balaban J connectivity index is 0.00000320. The molecule has 1 aliphatic heterocycles. The van der Waals surface area contributed by atoms with Crippen molar-refractivity contribution in [1.82, 2.24) is 14.9 Å². The zero-order chi connectivity index (χ0) is 21.1. The Hall–Kier alpha value is -1.08. The zero-order valence-corrected chi connectivity index (χ0v) is 19.9. The maximum Gasteiger partial charge on any atom is 0.511 e. The summed E-state index contributed by atoms with van der Waals surface area (Å²) >= 11 is 0. The predicted octanol–water partition coefficient (Wildman–Crippen LogP) is 3.21. The summed E-state index contributed by atoms with van der Waals surface area (Å²) in [5.74, 6) is 0.587. The molecule has 1 saturated carbocycles. The van der Waals surface area contributed by atoms with Gasteiger partial charge in [-0.2, -0.15) is 17.5 Å². The summed E-state index contributed by atoms with van der Waals surface area (Å²) in [4.78, 5) is 4.23. The number of sulfonamides is 1. The summed E-state index contributed by atoms with van der Waals surface area (Å²) in [5, 5.41) is 6.58. The van der Waals surface area contributed by atoms with E-state index in [4.69, 9.17) is 0 Å². The third-order valence-corrected chi connectivity index (χ3v) is 7.57. The number of aliphatic imine (C=N–C) groups is 1. The fraction of sp³-hybridized carbons (Fsp3) is 0.632. The highest BCUT2D eigenvalue weighted by Crippen LogP contribution is 2.43. The third-order valence-electron chi connectivity index (χ3n) is 5.94. The Labute approximate surface area is 192 Å². The summed E-state index contributed by atoms with van der Waals surface area (Å²) in [6, 6.07) is 10.2. The number of guanidine groups is 1. The van der Waals surface area contributed by atoms with Gasteiger partial charge in [0.15, 0.2) is 5.96 Å². The average Bonchev–Trinajstić information content (AvgIpc) is 2.66. The smallest absolute Gasteiger partial charge is 0.356 e. The lowest BCUT2D eigenvalue weighted by Gasteiger charge is -2.43. The maximum atomic E-state index is 12.7. The molecule has 1 aromatic rings. The summed E-state index contributed by atoms with van der Waals surface area (Å²) in [6.45, 7) is 0.396. The molecule has 0 bridgehead atoms. The molecular weight excluding hydrogens is 532 g/mol. The van der Waals surface area contributed by atoms with Gasteiger partial charge in [0.2, 0.25) is 0 Å². The second kappa shape index (κ2) is 10.0. The monoisotopic (exact) mass is 560 g/mol. The van der Waals surface area contributed by atoms with Crippen LogP contribution in [0.15, 0.2) is 35.3 Å². The molecule has 0 atom stereocenters. The van der Waals surface area contributed by atoms with Gasteiger partial charge in [-0.05, 0) is 31.2 Å². The average molecular weight is 560 g/mol. The van der Waals surface area contributed by atoms with Crippen LogP contribution in [0.5, 0.6) is 0 Å². The van der Waals surface area contributed by atoms with Gasteiger partial charge in [0, 0.05) is 38.1 Å². The largest absolute Gasteiger partial charge is 0.511 e. The number of alkyl halides is 3. The first kappa shape index (κ1) is 25.2.